The minimum atomic E-state index is -1.79. The first-order valence-corrected chi connectivity index (χ1v) is 11.4. The van der Waals surface area contributed by atoms with Crippen LogP contribution in [0.1, 0.15) is 59.2 Å². The first-order valence-electron chi connectivity index (χ1n) is 11.4. The molecule has 0 bridgehead atoms. The number of hydrogen-bond donors (Lipinski definition) is 1. The minimum Gasteiger partial charge on any atom is -0.468 e. The molecule has 1 aromatic heterocycles. The van der Waals surface area contributed by atoms with E-state index in [0.29, 0.717) is 23.5 Å². The van der Waals surface area contributed by atoms with Gasteiger partial charge < -0.3 is 14.8 Å². The van der Waals surface area contributed by atoms with Crippen LogP contribution < -0.4 is 14.8 Å². The maximum Gasteiger partial charge on any atom is 0.255 e. The summed E-state index contributed by atoms with van der Waals surface area (Å²) >= 11 is 0. The van der Waals surface area contributed by atoms with Gasteiger partial charge in [-0.1, -0.05) is 31.4 Å². The SMILES string of the molecule is [B]C1([B])Oc2c(C(=O)NC3CCCCC3)cc(Cc3ccc(-n4cccn4)cc3)c(C)c2O1. The average Bonchev–Trinajstić information content (AvgIpc) is 3.44. The highest BCUT2D eigenvalue weighted by Crippen LogP contribution is 2.44. The van der Waals surface area contributed by atoms with Crippen molar-refractivity contribution in [2.45, 2.75) is 57.1 Å². The normalized spacial score (nSPS) is 17.1. The van der Waals surface area contributed by atoms with E-state index in [1.165, 1.54) is 6.42 Å². The molecule has 1 saturated carbocycles. The minimum absolute atomic E-state index is 0.171. The number of carbonyl (C=O) groups is 1. The predicted molar refractivity (Wildman–Crippen MR) is 127 cm³/mol. The van der Waals surface area contributed by atoms with Crippen molar-refractivity contribution in [3.8, 4) is 17.2 Å². The van der Waals surface area contributed by atoms with Gasteiger partial charge in [-0.25, -0.2) is 4.68 Å². The first-order chi connectivity index (χ1) is 15.9. The number of amides is 1. The molecule has 1 fully saturated rings. The van der Waals surface area contributed by atoms with Gasteiger partial charge in [-0.2, -0.15) is 5.10 Å². The molecule has 33 heavy (non-hydrogen) atoms. The lowest BCUT2D eigenvalue weighted by Crippen LogP contribution is -2.40. The molecule has 0 spiro atoms. The lowest BCUT2D eigenvalue weighted by molar-refractivity contribution is 0.0806. The van der Waals surface area contributed by atoms with Crippen molar-refractivity contribution in [2.24, 2.45) is 0 Å². The molecule has 2 heterocycles. The van der Waals surface area contributed by atoms with Crippen molar-refractivity contribution < 1.29 is 14.3 Å². The number of nitrogens with one attached hydrogen (secondary N) is 1. The molecule has 1 aliphatic carbocycles. The molecule has 164 valence electrons. The molecule has 6 nitrogen and oxygen atoms in total. The molecular formula is C25H25B2N3O3. The van der Waals surface area contributed by atoms with Crippen LogP contribution in [0.4, 0.5) is 0 Å². The van der Waals surface area contributed by atoms with Gasteiger partial charge in [0, 0.05) is 18.4 Å². The highest BCUT2D eigenvalue weighted by atomic mass is 16.7. The van der Waals surface area contributed by atoms with Gasteiger partial charge in [-0.3, -0.25) is 4.79 Å². The van der Waals surface area contributed by atoms with Gasteiger partial charge in [0.05, 0.1) is 11.3 Å². The van der Waals surface area contributed by atoms with Gasteiger partial charge in [-0.15, -0.1) is 0 Å². The van der Waals surface area contributed by atoms with Crippen molar-refractivity contribution >= 4 is 21.6 Å². The van der Waals surface area contributed by atoms with Crippen LogP contribution in [0.2, 0.25) is 0 Å². The van der Waals surface area contributed by atoms with Crippen LogP contribution in [0.5, 0.6) is 11.5 Å². The number of carbonyl (C=O) groups excluding carboxylic acids is 1. The molecule has 3 aromatic rings. The van der Waals surface area contributed by atoms with Crippen molar-refractivity contribution in [2.75, 3.05) is 0 Å². The Kier molecular flexibility index (Phi) is 5.69. The molecule has 2 aliphatic rings. The summed E-state index contributed by atoms with van der Waals surface area (Å²) in [7, 11) is 11.8. The second kappa shape index (κ2) is 8.65. The van der Waals surface area contributed by atoms with Gasteiger partial charge in [0.2, 0.25) is 0 Å². The Labute approximate surface area is 196 Å². The van der Waals surface area contributed by atoms with E-state index >= 15 is 0 Å². The zero-order valence-electron chi connectivity index (χ0n) is 18.7. The number of hydrogen-bond acceptors (Lipinski definition) is 4. The van der Waals surface area contributed by atoms with E-state index < -0.39 is 5.59 Å². The lowest BCUT2D eigenvalue weighted by Gasteiger charge is -2.23. The van der Waals surface area contributed by atoms with Crippen molar-refractivity contribution in [3.05, 3.63) is 71.0 Å². The molecular weight excluding hydrogens is 412 g/mol. The van der Waals surface area contributed by atoms with Gasteiger partial charge in [0.15, 0.2) is 32.8 Å². The van der Waals surface area contributed by atoms with Crippen LogP contribution >= 0.6 is 0 Å². The topological polar surface area (TPSA) is 65.4 Å². The summed E-state index contributed by atoms with van der Waals surface area (Å²) < 4.78 is 13.1. The molecule has 1 N–H and O–H groups in total. The zero-order valence-corrected chi connectivity index (χ0v) is 18.7. The number of benzene rings is 2. The number of ether oxygens (including phenoxy) is 2. The smallest absolute Gasteiger partial charge is 0.255 e. The number of aromatic nitrogens is 2. The van der Waals surface area contributed by atoms with E-state index in [2.05, 4.69) is 22.5 Å². The molecule has 4 radical (unpaired) electrons. The van der Waals surface area contributed by atoms with Crippen LogP contribution in [0.15, 0.2) is 48.8 Å². The molecule has 0 saturated heterocycles. The molecule has 0 unspecified atom stereocenters. The summed E-state index contributed by atoms with van der Waals surface area (Å²) in [5.74, 6) is 0.553. The van der Waals surface area contributed by atoms with E-state index in [9.17, 15) is 4.79 Å². The summed E-state index contributed by atoms with van der Waals surface area (Å²) in [6.45, 7) is 1.93. The summed E-state index contributed by atoms with van der Waals surface area (Å²) in [5, 5.41) is 7.42. The van der Waals surface area contributed by atoms with Crippen LogP contribution in [0, 0.1) is 6.92 Å². The van der Waals surface area contributed by atoms with Crippen LogP contribution in [-0.4, -0.2) is 43.0 Å². The number of rotatable bonds is 5. The van der Waals surface area contributed by atoms with E-state index in [1.807, 2.05) is 42.1 Å². The quantitative estimate of drug-likeness (QED) is 0.621. The second-order valence-electron chi connectivity index (χ2n) is 8.89. The third-order valence-corrected chi connectivity index (χ3v) is 6.40. The molecule has 8 heteroatoms. The largest absolute Gasteiger partial charge is 0.468 e. The fraction of sp³-hybridized carbons (Fsp3) is 0.360. The van der Waals surface area contributed by atoms with Crippen LogP contribution in [-0.2, 0) is 6.42 Å². The van der Waals surface area contributed by atoms with E-state index in [1.54, 1.807) is 6.20 Å². The van der Waals surface area contributed by atoms with E-state index in [4.69, 9.17) is 25.2 Å². The number of fused-ring (bicyclic) bond motifs is 1. The highest BCUT2D eigenvalue weighted by molar-refractivity contribution is 6.38. The third kappa shape index (κ3) is 4.52. The Bertz CT molecular complexity index is 1150. The van der Waals surface area contributed by atoms with Gasteiger partial charge in [0.25, 0.3) is 5.91 Å². The lowest BCUT2D eigenvalue weighted by atomic mass is 9.76. The second-order valence-corrected chi connectivity index (χ2v) is 8.89. The Morgan fingerprint density at radius 2 is 1.88 bits per heavy atom. The van der Waals surface area contributed by atoms with Crippen molar-refractivity contribution in [1.82, 2.24) is 15.1 Å². The average molecular weight is 437 g/mol. The van der Waals surface area contributed by atoms with Crippen molar-refractivity contribution in [1.29, 1.82) is 0 Å². The highest BCUT2D eigenvalue weighted by Gasteiger charge is 2.36. The fourth-order valence-corrected chi connectivity index (χ4v) is 4.62. The van der Waals surface area contributed by atoms with E-state index in [-0.39, 0.29) is 11.9 Å². The Balaban J connectivity index is 1.45. The standard InChI is InChI=1S/C25H25B2N3O3/c1-16-18(14-17-8-10-20(11-9-17)30-13-5-12-28-30)15-21(23-22(16)32-25(26,27)33-23)24(31)29-19-6-3-2-4-7-19/h5,8-13,15,19H,2-4,6-7,14H2,1H3,(H,29,31). The third-order valence-electron chi connectivity index (χ3n) is 6.40. The zero-order chi connectivity index (χ0) is 23.0. The summed E-state index contributed by atoms with van der Waals surface area (Å²) in [4.78, 5) is 13.2. The van der Waals surface area contributed by atoms with Crippen molar-refractivity contribution in [3.63, 3.8) is 0 Å². The van der Waals surface area contributed by atoms with Crippen LogP contribution in [0.25, 0.3) is 5.69 Å². The van der Waals surface area contributed by atoms with E-state index in [0.717, 1.165) is 48.1 Å². The summed E-state index contributed by atoms with van der Waals surface area (Å²) in [6, 6.07) is 12.1. The molecule has 1 aliphatic heterocycles. The Morgan fingerprint density at radius 1 is 1.15 bits per heavy atom. The first kappa shape index (κ1) is 21.7. The summed E-state index contributed by atoms with van der Waals surface area (Å²) in [6.07, 6.45) is 9.73. The molecule has 0 atom stereocenters. The van der Waals surface area contributed by atoms with Gasteiger partial charge in [0.1, 0.15) is 0 Å². The maximum absolute atomic E-state index is 13.2. The molecule has 1 amide bonds. The monoisotopic (exact) mass is 437 g/mol. The molecule has 2 aromatic carbocycles. The van der Waals surface area contributed by atoms with Gasteiger partial charge in [-0.05, 0) is 67.1 Å². The number of nitrogens with zero attached hydrogens (tertiary/aromatic N) is 2. The summed E-state index contributed by atoms with van der Waals surface area (Å²) in [5.41, 5.74) is 2.50. The Morgan fingerprint density at radius 3 is 2.58 bits per heavy atom. The maximum atomic E-state index is 13.2. The Hall–Kier alpha value is -3.15. The fourth-order valence-electron chi connectivity index (χ4n) is 4.62. The van der Waals surface area contributed by atoms with Crippen LogP contribution in [0.3, 0.4) is 0 Å². The van der Waals surface area contributed by atoms with Gasteiger partial charge >= 0.3 is 0 Å². The predicted octanol–water partition coefficient (Wildman–Crippen LogP) is 3.55. The molecule has 5 rings (SSSR count).